The Hall–Kier alpha value is -1.70. The molecule has 0 aliphatic rings. The fraction of sp³-hybridized carbons (Fsp3) is 0.250. The first-order chi connectivity index (χ1) is 10.6. The van der Waals surface area contributed by atoms with Gasteiger partial charge in [-0.1, -0.05) is 36.9 Å². The van der Waals surface area contributed by atoms with Crippen LogP contribution in [-0.4, -0.2) is 9.38 Å². The second-order valence-electron chi connectivity index (χ2n) is 6.38. The Morgan fingerprint density at radius 3 is 2.57 bits per heavy atom. The van der Waals surface area contributed by atoms with Crippen molar-refractivity contribution in [3.63, 3.8) is 0 Å². The van der Waals surface area contributed by atoms with Crippen molar-refractivity contribution in [1.29, 1.82) is 0 Å². The van der Waals surface area contributed by atoms with Gasteiger partial charge in [-0.25, -0.2) is 0 Å². The van der Waals surface area contributed by atoms with Crippen LogP contribution in [0, 0.1) is 19.9 Å². The minimum Gasteiger partial charge on any atom is -0.337 e. The number of imidazole rings is 1. The predicted octanol–water partition coefficient (Wildman–Crippen LogP) is 5.18. The van der Waals surface area contributed by atoms with Gasteiger partial charge >= 0.3 is 0 Å². The number of hydrogen-bond acceptors (Lipinski definition) is 1. The summed E-state index contributed by atoms with van der Waals surface area (Å²) in [7, 11) is 0. The van der Waals surface area contributed by atoms with Crippen molar-refractivity contribution in [1.82, 2.24) is 9.38 Å². The molecule has 0 atom stereocenters. The van der Waals surface area contributed by atoms with E-state index >= 15 is 0 Å². The van der Waals surface area contributed by atoms with Gasteiger partial charge in [0.2, 0.25) is 0 Å². The van der Waals surface area contributed by atoms with Gasteiger partial charge in [-0.15, -0.1) is 29.7 Å². The molecule has 0 bridgehead atoms. The van der Waals surface area contributed by atoms with Crippen molar-refractivity contribution in [2.75, 3.05) is 0 Å². The molecule has 0 unspecified atom stereocenters. The van der Waals surface area contributed by atoms with Crippen LogP contribution in [0.25, 0.3) is 27.3 Å². The standard InChI is InChI=1S/C20H19N2.Ir/c1-12(2)17-11-21-20-16-8-6-5-7-15(16)18-13(3)9-10-14(4)19(18)22(17)20;/h5-7,9-12H,1-4H3;/q-1;. The van der Waals surface area contributed by atoms with Gasteiger partial charge in [0.15, 0.2) is 0 Å². The summed E-state index contributed by atoms with van der Waals surface area (Å²) >= 11 is 0. The van der Waals surface area contributed by atoms with Crippen LogP contribution in [0.5, 0.6) is 0 Å². The van der Waals surface area contributed by atoms with Crippen LogP contribution < -0.4 is 0 Å². The van der Waals surface area contributed by atoms with Crippen molar-refractivity contribution in [3.8, 4) is 0 Å². The molecule has 0 N–H and O–H groups in total. The first kappa shape index (κ1) is 16.2. The molecule has 2 aromatic heterocycles. The van der Waals surface area contributed by atoms with Crippen LogP contribution in [-0.2, 0) is 20.1 Å². The van der Waals surface area contributed by atoms with E-state index in [1.165, 1.54) is 33.1 Å². The fourth-order valence-electron chi connectivity index (χ4n) is 3.44. The molecule has 4 rings (SSSR count). The number of nitrogens with zero attached hydrogens (tertiary/aromatic N) is 2. The molecule has 23 heavy (non-hydrogen) atoms. The molecule has 0 fully saturated rings. The largest absolute Gasteiger partial charge is 0.337 e. The molecular formula is C20H19IrN2-. The van der Waals surface area contributed by atoms with Gasteiger partial charge in [-0.2, -0.15) is 0 Å². The van der Waals surface area contributed by atoms with E-state index in [1.54, 1.807) is 0 Å². The Balaban J connectivity index is 0.00000156. The molecule has 3 heteroatoms. The summed E-state index contributed by atoms with van der Waals surface area (Å²) in [5, 5.41) is 3.67. The summed E-state index contributed by atoms with van der Waals surface area (Å²) in [6.45, 7) is 8.81. The van der Waals surface area contributed by atoms with Gasteiger partial charge in [0.1, 0.15) is 0 Å². The Kier molecular flexibility index (Phi) is 4.03. The van der Waals surface area contributed by atoms with Crippen molar-refractivity contribution < 1.29 is 20.1 Å². The predicted molar refractivity (Wildman–Crippen MR) is 92.6 cm³/mol. The molecule has 2 aromatic carbocycles. The molecule has 0 amide bonds. The average Bonchev–Trinajstić information content (AvgIpc) is 2.95. The third-order valence-electron chi connectivity index (χ3n) is 4.54. The van der Waals surface area contributed by atoms with Gasteiger partial charge in [-0.3, -0.25) is 4.98 Å². The van der Waals surface area contributed by atoms with Gasteiger partial charge in [0.05, 0.1) is 5.65 Å². The quantitative estimate of drug-likeness (QED) is 0.272. The summed E-state index contributed by atoms with van der Waals surface area (Å²) in [6, 6.07) is 14.0. The first-order valence-electron chi connectivity index (χ1n) is 7.79. The van der Waals surface area contributed by atoms with E-state index in [9.17, 15) is 0 Å². The molecule has 0 saturated heterocycles. The molecule has 0 aliphatic carbocycles. The topological polar surface area (TPSA) is 17.3 Å². The number of hydrogen-bond donors (Lipinski definition) is 0. The molecule has 2 heterocycles. The molecule has 2 nitrogen and oxygen atoms in total. The molecule has 0 aliphatic heterocycles. The minimum absolute atomic E-state index is 0. The zero-order valence-corrected chi connectivity index (χ0v) is 16.2. The molecular weight excluding hydrogens is 460 g/mol. The second kappa shape index (κ2) is 5.74. The molecule has 0 spiro atoms. The van der Waals surface area contributed by atoms with E-state index in [0.717, 1.165) is 11.0 Å². The SMILES string of the molecule is Cc1ccc(C)c2c1c1ccc[c-]c1c1ncc(C(C)C)n12.[Ir]. The average molecular weight is 480 g/mol. The summed E-state index contributed by atoms with van der Waals surface area (Å²) in [6.07, 6.45) is 2.02. The van der Waals surface area contributed by atoms with Crippen molar-refractivity contribution in [2.45, 2.75) is 33.6 Å². The molecule has 4 aromatic rings. The van der Waals surface area contributed by atoms with Gasteiger partial charge < -0.3 is 4.40 Å². The Morgan fingerprint density at radius 1 is 1.09 bits per heavy atom. The first-order valence-corrected chi connectivity index (χ1v) is 7.79. The number of benzene rings is 2. The van der Waals surface area contributed by atoms with E-state index in [4.69, 9.17) is 4.98 Å². The Labute approximate surface area is 149 Å². The summed E-state index contributed by atoms with van der Waals surface area (Å²) in [5.41, 5.74) is 6.14. The van der Waals surface area contributed by atoms with E-state index in [-0.39, 0.29) is 20.1 Å². The van der Waals surface area contributed by atoms with Crippen molar-refractivity contribution in [3.05, 3.63) is 59.4 Å². The molecule has 0 saturated carbocycles. The normalized spacial score (nSPS) is 11.5. The number of rotatable bonds is 1. The zero-order valence-electron chi connectivity index (χ0n) is 13.8. The monoisotopic (exact) mass is 480 g/mol. The van der Waals surface area contributed by atoms with Gasteiger partial charge in [-0.05, 0) is 30.7 Å². The van der Waals surface area contributed by atoms with E-state index in [2.05, 4.69) is 62.4 Å². The van der Waals surface area contributed by atoms with Crippen LogP contribution >= 0.6 is 0 Å². The van der Waals surface area contributed by atoms with Crippen LogP contribution in [0.2, 0.25) is 0 Å². The minimum atomic E-state index is 0. The fourth-order valence-corrected chi connectivity index (χ4v) is 3.44. The summed E-state index contributed by atoms with van der Waals surface area (Å²) in [4.78, 5) is 4.72. The number of pyridine rings is 1. The maximum Gasteiger partial charge on any atom is 0.0611 e. The van der Waals surface area contributed by atoms with Crippen LogP contribution in [0.3, 0.4) is 0 Å². The number of aryl methyl sites for hydroxylation is 2. The van der Waals surface area contributed by atoms with Crippen LogP contribution in [0.1, 0.15) is 36.6 Å². The van der Waals surface area contributed by atoms with E-state index < -0.39 is 0 Å². The summed E-state index contributed by atoms with van der Waals surface area (Å²) < 4.78 is 2.33. The van der Waals surface area contributed by atoms with Gasteiger partial charge in [0.25, 0.3) is 0 Å². The third kappa shape index (κ3) is 2.22. The molecule has 1 radical (unpaired) electrons. The third-order valence-corrected chi connectivity index (χ3v) is 4.54. The van der Waals surface area contributed by atoms with Crippen molar-refractivity contribution >= 4 is 27.3 Å². The Bertz CT molecular complexity index is 1030. The van der Waals surface area contributed by atoms with Crippen LogP contribution in [0.15, 0.2) is 36.5 Å². The summed E-state index contributed by atoms with van der Waals surface area (Å²) in [5.74, 6) is 0.430. The maximum atomic E-state index is 4.72. The number of aromatic nitrogens is 2. The maximum absolute atomic E-state index is 4.72. The molecule has 119 valence electrons. The van der Waals surface area contributed by atoms with Crippen molar-refractivity contribution in [2.24, 2.45) is 0 Å². The Morgan fingerprint density at radius 2 is 1.83 bits per heavy atom. The van der Waals surface area contributed by atoms with Gasteiger partial charge in [0, 0.05) is 37.5 Å². The number of fused-ring (bicyclic) bond motifs is 6. The smallest absolute Gasteiger partial charge is 0.0611 e. The zero-order chi connectivity index (χ0) is 15.4. The second-order valence-corrected chi connectivity index (χ2v) is 6.38. The van der Waals surface area contributed by atoms with Crippen LogP contribution in [0.4, 0.5) is 0 Å². The van der Waals surface area contributed by atoms with E-state index in [0.29, 0.717) is 5.92 Å². The van der Waals surface area contributed by atoms with E-state index in [1.807, 2.05) is 12.3 Å².